The zero-order valence-electron chi connectivity index (χ0n) is 21.0. The lowest BCUT2D eigenvalue weighted by molar-refractivity contribution is -0.139. The summed E-state index contributed by atoms with van der Waals surface area (Å²) in [6.07, 6.45) is -0.0129. The van der Waals surface area contributed by atoms with Crippen LogP contribution in [0.25, 0.3) is 11.8 Å². The van der Waals surface area contributed by atoms with Crippen molar-refractivity contribution in [3.8, 4) is 5.69 Å². The van der Waals surface area contributed by atoms with E-state index in [9.17, 15) is 24.2 Å². The number of carboxylic acids is 1. The van der Waals surface area contributed by atoms with E-state index in [2.05, 4.69) is 10.4 Å². The van der Waals surface area contributed by atoms with Crippen molar-refractivity contribution < 1.29 is 29.3 Å². The Hall–Kier alpha value is -3.82. The van der Waals surface area contributed by atoms with Crippen molar-refractivity contribution in [2.45, 2.75) is 57.8 Å². The molecule has 0 aliphatic rings. The second-order valence-corrected chi connectivity index (χ2v) is 9.21. The number of aliphatic hydroxyl groups excluding tert-OH is 2. The lowest BCUT2D eigenvalue weighted by Gasteiger charge is -2.15. The van der Waals surface area contributed by atoms with Gasteiger partial charge in [-0.2, -0.15) is 5.10 Å². The van der Waals surface area contributed by atoms with Gasteiger partial charge in [0.05, 0.1) is 36.1 Å². The van der Waals surface area contributed by atoms with E-state index in [4.69, 9.17) is 5.11 Å². The van der Waals surface area contributed by atoms with Gasteiger partial charge in [0.25, 0.3) is 5.91 Å². The van der Waals surface area contributed by atoms with Crippen LogP contribution in [-0.4, -0.2) is 49.2 Å². The normalized spacial score (nSPS) is 14.0. The quantitative estimate of drug-likeness (QED) is 0.307. The molecule has 2 aromatic carbocycles. The summed E-state index contributed by atoms with van der Waals surface area (Å²) in [4.78, 5) is 24.2. The predicted molar refractivity (Wildman–Crippen MR) is 138 cm³/mol. The van der Waals surface area contributed by atoms with Gasteiger partial charge in [-0.3, -0.25) is 9.59 Å². The number of carbonyl (C=O) groups excluding carboxylic acids is 1. The fourth-order valence-electron chi connectivity index (χ4n) is 4.05. The molecule has 0 radical (unpaired) electrons. The minimum atomic E-state index is -1.22. The minimum Gasteiger partial charge on any atom is -0.481 e. The van der Waals surface area contributed by atoms with Crippen molar-refractivity contribution >= 4 is 18.0 Å². The molecule has 4 N–H and O–H groups in total. The molecule has 0 fully saturated rings. The molecule has 0 aliphatic heterocycles. The third-order valence-electron chi connectivity index (χ3n) is 5.87. The summed E-state index contributed by atoms with van der Waals surface area (Å²) in [5.74, 6) is -2.11. The first-order valence-corrected chi connectivity index (χ1v) is 12.1. The fourth-order valence-corrected chi connectivity index (χ4v) is 4.05. The summed E-state index contributed by atoms with van der Waals surface area (Å²) in [7, 11) is 0. The van der Waals surface area contributed by atoms with Gasteiger partial charge in [-0.05, 0) is 48.7 Å². The van der Waals surface area contributed by atoms with Crippen LogP contribution in [0, 0.1) is 5.82 Å². The molecule has 9 heteroatoms. The molecule has 0 aliphatic carbocycles. The van der Waals surface area contributed by atoms with Crippen LogP contribution < -0.4 is 5.32 Å². The van der Waals surface area contributed by atoms with Crippen LogP contribution in [0.1, 0.15) is 72.9 Å². The Morgan fingerprint density at radius 3 is 2.30 bits per heavy atom. The monoisotopic (exact) mass is 509 g/mol. The lowest BCUT2D eigenvalue weighted by Crippen LogP contribution is -2.28. The van der Waals surface area contributed by atoms with Crippen molar-refractivity contribution in [2.24, 2.45) is 0 Å². The molecule has 0 spiro atoms. The Morgan fingerprint density at radius 2 is 1.70 bits per heavy atom. The molecule has 0 unspecified atom stereocenters. The summed E-state index contributed by atoms with van der Waals surface area (Å²) < 4.78 is 15.1. The molecule has 1 aromatic heterocycles. The first kappa shape index (κ1) is 27.8. The second-order valence-electron chi connectivity index (χ2n) is 9.21. The summed E-state index contributed by atoms with van der Waals surface area (Å²) >= 11 is 0. The van der Waals surface area contributed by atoms with E-state index >= 15 is 0 Å². The number of aromatic nitrogens is 2. The average molecular weight is 510 g/mol. The number of hydrogen-bond donors (Lipinski definition) is 4. The van der Waals surface area contributed by atoms with E-state index < -0.39 is 30.4 Å². The highest BCUT2D eigenvalue weighted by molar-refractivity contribution is 5.95. The average Bonchev–Trinajstić information content (AvgIpc) is 3.23. The molecule has 1 heterocycles. The van der Waals surface area contributed by atoms with E-state index in [1.165, 1.54) is 35.0 Å². The Kier molecular flexibility index (Phi) is 9.32. The van der Waals surface area contributed by atoms with Crippen molar-refractivity contribution in [1.82, 2.24) is 15.1 Å². The zero-order valence-corrected chi connectivity index (χ0v) is 21.0. The molecule has 0 bridgehead atoms. The smallest absolute Gasteiger partial charge is 0.305 e. The molecule has 37 heavy (non-hydrogen) atoms. The number of amides is 1. The Balaban J connectivity index is 2.00. The number of carboxylic acid groups (broad SMARTS) is 1. The Bertz CT molecular complexity index is 1240. The van der Waals surface area contributed by atoms with Crippen molar-refractivity contribution in [3.05, 3.63) is 89.0 Å². The number of carbonyl (C=O) groups is 2. The first-order valence-electron chi connectivity index (χ1n) is 12.1. The summed E-state index contributed by atoms with van der Waals surface area (Å²) in [6.45, 7) is 5.69. The predicted octanol–water partition coefficient (Wildman–Crippen LogP) is 4.23. The number of rotatable bonds is 11. The number of benzene rings is 2. The number of aliphatic carboxylic acids is 1. The first-order chi connectivity index (χ1) is 17.6. The molecule has 3 rings (SSSR count). The van der Waals surface area contributed by atoms with Crippen LogP contribution >= 0.6 is 0 Å². The van der Waals surface area contributed by atoms with Crippen LogP contribution in [0.4, 0.5) is 4.39 Å². The largest absolute Gasteiger partial charge is 0.481 e. The van der Waals surface area contributed by atoms with Crippen LogP contribution in [-0.2, 0) is 4.79 Å². The molecule has 1 amide bonds. The van der Waals surface area contributed by atoms with Gasteiger partial charge >= 0.3 is 5.97 Å². The van der Waals surface area contributed by atoms with Crippen molar-refractivity contribution in [3.63, 3.8) is 0 Å². The Morgan fingerprint density at radius 1 is 1.05 bits per heavy atom. The lowest BCUT2D eigenvalue weighted by atomic mass is 9.98. The summed E-state index contributed by atoms with van der Waals surface area (Å²) in [6, 6.07) is 14.9. The van der Waals surface area contributed by atoms with Gasteiger partial charge in [-0.15, -0.1) is 0 Å². The van der Waals surface area contributed by atoms with Crippen LogP contribution in [0.3, 0.4) is 0 Å². The zero-order chi connectivity index (χ0) is 27.1. The highest BCUT2D eigenvalue weighted by atomic mass is 19.1. The minimum absolute atomic E-state index is 0.142. The van der Waals surface area contributed by atoms with Crippen LogP contribution in [0.15, 0.2) is 60.7 Å². The van der Waals surface area contributed by atoms with E-state index in [1.807, 2.05) is 51.1 Å². The number of nitrogens with one attached hydrogen (secondary N) is 1. The second kappa shape index (κ2) is 12.4. The Labute approximate surface area is 215 Å². The maximum absolute atomic E-state index is 13.6. The van der Waals surface area contributed by atoms with E-state index in [0.717, 1.165) is 5.56 Å². The maximum atomic E-state index is 13.6. The van der Waals surface area contributed by atoms with E-state index in [1.54, 1.807) is 6.08 Å². The number of halogens is 1. The highest BCUT2D eigenvalue weighted by Gasteiger charge is 2.26. The molecular formula is C28H32FN3O5. The van der Waals surface area contributed by atoms with Crippen molar-refractivity contribution in [2.75, 3.05) is 0 Å². The van der Waals surface area contributed by atoms with Gasteiger partial charge in [-0.25, -0.2) is 9.07 Å². The molecule has 0 saturated carbocycles. The van der Waals surface area contributed by atoms with Crippen molar-refractivity contribution in [1.29, 1.82) is 0 Å². The fraction of sp³-hybridized carbons (Fsp3) is 0.321. The van der Waals surface area contributed by atoms with E-state index in [0.29, 0.717) is 16.9 Å². The highest BCUT2D eigenvalue weighted by Crippen LogP contribution is 2.28. The standard InChI is InChI=1S/C28H32FN3O5/c1-17(2)26-24(14-13-22(33)15-23(34)16-25(35)36)32(21-11-9-20(29)10-12-21)31-27(26)28(37)30-18(3)19-7-5-4-6-8-19/h4-14,17-18,22-23,33-34H,15-16H2,1-3H3,(H,30,37)(H,35,36)/b14-13+/t18-,22+,23+/m0/s1. The van der Waals surface area contributed by atoms with Gasteiger partial charge in [0.1, 0.15) is 5.82 Å². The SMILES string of the molecule is CC(C)c1c(C(=O)N[C@@H](C)c2ccccc2)nn(-c2ccc(F)cc2)c1/C=C/[C@@H](O)C[C@@H](O)CC(=O)O. The van der Waals surface area contributed by atoms with Crippen LogP contribution in [0.2, 0.25) is 0 Å². The summed E-state index contributed by atoms with van der Waals surface area (Å²) in [5, 5.41) is 36.6. The molecule has 3 atom stereocenters. The topological polar surface area (TPSA) is 125 Å². The van der Waals surface area contributed by atoms with Gasteiger partial charge in [0.15, 0.2) is 5.69 Å². The molecule has 8 nitrogen and oxygen atoms in total. The number of hydrogen-bond acceptors (Lipinski definition) is 5. The number of nitrogens with zero attached hydrogens (tertiary/aromatic N) is 2. The third-order valence-corrected chi connectivity index (χ3v) is 5.87. The van der Waals surface area contributed by atoms with Gasteiger partial charge in [0, 0.05) is 12.0 Å². The molecular weight excluding hydrogens is 477 g/mol. The molecule has 196 valence electrons. The van der Waals surface area contributed by atoms with Gasteiger partial charge in [0.2, 0.25) is 0 Å². The van der Waals surface area contributed by atoms with Gasteiger partial charge in [-0.1, -0.05) is 50.3 Å². The van der Waals surface area contributed by atoms with Gasteiger partial charge < -0.3 is 20.6 Å². The third kappa shape index (κ3) is 7.34. The maximum Gasteiger partial charge on any atom is 0.305 e. The van der Waals surface area contributed by atoms with E-state index in [-0.39, 0.29) is 30.0 Å². The summed E-state index contributed by atoms with van der Waals surface area (Å²) in [5.41, 5.74) is 2.77. The molecule has 0 saturated heterocycles. The molecule has 3 aromatic rings. The van der Waals surface area contributed by atoms with Crippen LogP contribution in [0.5, 0.6) is 0 Å². The number of aliphatic hydroxyl groups is 2.